The Hall–Kier alpha value is 0.150. The van der Waals surface area contributed by atoms with E-state index < -0.39 is 0 Å². The zero-order valence-corrected chi connectivity index (χ0v) is 22.8. The summed E-state index contributed by atoms with van der Waals surface area (Å²) in [6.07, 6.45) is 15.3. The van der Waals surface area contributed by atoms with E-state index in [-0.39, 0.29) is 5.41 Å². The van der Waals surface area contributed by atoms with Gasteiger partial charge in [0.1, 0.15) is 5.78 Å². The standard InChI is InChI=1S/C24H39BrO.2C2H6/c1-16-7-8-17-9-10-18-19-5-4-6-21(22(26)15-25)24(19,3)14-12-20(18)23(17,2)13-11-16;2*1-2/h16-21H,4-15H2,1-3H3;2*1-2H3. The molecule has 0 radical (unpaired) electrons. The lowest BCUT2D eigenvalue weighted by Crippen LogP contribution is -2.56. The van der Waals surface area contributed by atoms with Crippen molar-refractivity contribution >= 4 is 21.7 Å². The highest BCUT2D eigenvalue weighted by Crippen LogP contribution is 2.66. The first-order chi connectivity index (χ1) is 14.4. The van der Waals surface area contributed by atoms with E-state index in [9.17, 15) is 4.79 Å². The van der Waals surface area contributed by atoms with E-state index in [2.05, 4.69) is 36.7 Å². The number of ketones is 1. The van der Waals surface area contributed by atoms with Crippen LogP contribution >= 0.6 is 15.9 Å². The zero-order valence-electron chi connectivity index (χ0n) is 21.2. The van der Waals surface area contributed by atoms with Crippen molar-refractivity contribution in [2.24, 2.45) is 46.3 Å². The first-order valence-corrected chi connectivity index (χ1v) is 14.6. The van der Waals surface area contributed by atoms with Gasteiger partial charge in [-0.3, -0.25) is 4.79 Å². The molecule has 8 atom stereocenters. The third-order valence-electron chi connectivity index (χ3n) is 10.0. The van der Waals surface area contributed by atoms with Crippen LogP contribution < -0.4 is 0 Å². The summed E-state index contributed by atoms with van der Waals surface area (Å²) in [6, 6.07) is 0. The first kappa shape index (κ1) is 26.4. The summed E-state index contributed by atoms with van der Waals surface area (Å²) in [5.74, 6) is 5.35. The van der Waals surface area contributed by atoms with E-state index in [0.29, 0.717) is 22.4 Å². The summed E-state index contributed by atoms with van der Waals surface area (Å²) in [5, 5.41) is 0.561. The molecule has 4 aliphatic carbocycles. The van der Waals surface area contributed by atoms with Crippen molar-refractivity contribution in [3.63, 3.8) is 0 Å². The van der Waals surface area contributed by atoms with Crippen molar-refractivity contribution in [3.8, 4) is 0 Å². The van der Waals surface area contributed by atoms with Gasteiger partial charge in [-0.05, 0) is 91.8 Å². The average Bonchev–Trinajstić information content (AvgIpc) is 2.93. The average molecular weight is 484 g/mol. The van der Waals surface area contributed by atoms with Crippen LogP contribution in [0.15, 0.2) is 0 Å². The molecule has 0 bridgehead atoms. The summed E-state index contributed by atoms with van der Waals surface area (Å²) in [4.78, 5) is 12.7. The second-order valence-corrected chi connectivity index (χ2v) is 11.6. The van der Waals surface area contributed by atoms with Gasteiger partial charge < -0.3 is 0 Å². The van der Waals surface area contributed by atoms with Crippen LogP contribution in [0, 0.1) is 46.3 Å². The van der Waals surface area contributed by atoms with Gasteiger partial charge in [-0.1, -0.05) is 83.7 Å². The van der Waals surface area contributed by atoms with Crippen LogP contribution in [0.1, 0.15) is 119 Å². The molecule has 0 aliphatic heterocycles. The number of halogens is 1. The maximum absolute atomic E-state index is 12.7. The lowest BCUT2D eigenvalue weighted by atomic mass is 9.42. The van der Waals surface area contributed by atoms with Crippen LogP contribution in [0.3, 0.4) is 0 Å². The minimum atomic E-state index is 0.283. The second kappa shape index (κ2) is 11.3. The Balaban J connectivity index is 0.000000757. The van der Waals surface area contributed by atoms with Crippen molar-refractivity contribution in [1.82, 2.24) is 0 Å². The Morgan fingerprint density at radius 1 is 0.800 bits per heavy atom. The molecule has 1 nitrogen and oxygen atoms in total. The summed E-state index contributed by atoms with van der Waals surface area (Å²) in [6.45, 7) is 15.7. The van der Waals surface area contributed by atoms with Crippen LogP contribution in [0.4, 0.5) is 0 Å². The SMILES string of the molecule is CC.CC.CC1CCC2CCC3C(CCC4(C)C(C(=O)CBr)CCCC34)C2(C)CC1. The van der Waals surface area contributed by atoms with E-state index in [1.165, 1.54) is 64.2 Å². The Labute approximate surface area is 197 Å². The number of Topliss-reactive ketones (excluding diaryl/α,β-unsaturated/α-hetero) is 1. The van der Waals surface area contributed by atoms with Crippen LogP contribution in [-0.4, -0.2) is 11.1 Å². The molecule has 0 aromatic heterocycles. The maximum atomic E-state index is 12.7. The number of carbonyl (C=O) groups is 1. The summed E-state index contributed by atoms with van der Waals surface area (Å²) < 4.78 is 0. The Morgan fingerprint density at radius 3 is 2.07 bits per heavy atom. The van der Waals surface area contributed by atoms with Crippen LogP contribution in [-0.2, 0) is 4.79 Å². The lowest BCUT2D eigenvalue weighted by Gasteiger charge is -2.62. The second-order valence-electron chi connectivity index (χ2n) is 11.0. The molecule has 4 aliphatic rings. The van der Waals surface area contributed by atoms with E-state index in [0.717, 1.165) is 36.0 Å². The van der Waals surface area contributed by atoms with Gasteiger partial charge in [0.15, 0.2) is 0 Å². The molecule has 176 valence electrons. The Morgan fingerprint density at radius 2 is 1.40 bits per heavy atom. The highest BCUT2D eigenvalue weighted by atomic mass is 79.9. The molecule has 0 amide bonds. The maximum Gasteiger partial charge on any atom is 0.147 e. The number of rotatable bonds is 2. The van der Waals surface area contributed by atoms with Gasteiger partial charge >= 0.3 is 0 Å². The smallest absolute Gasteiger partial charge is 0.147 e. The van der Waals surface area contributed by atoms with Gasteiger partial charge in [-0.2, -0.15) is 0 Å². The molecule has 4 fully saturated rings. The van der Waals surface area contributed by atoms with Crippen molar-refractivity contribution in [3.05, 3.63) is 0 Å². The van der Waals surface area contributed by atoms with E-state index in [4.69, 9.17) is 0 Å². The minimum Gasteiger partial charge on any atom is -0.298 e. The van der Waals surface area contributed by atoms with Gasteiger partial charge in [-0.15, -0.1) is 0 Å². The van der Waals surface area contributed by atoms with Crippen molar-refractivity contribution in [2.45, 2.75) is 119 Å². The largest absolute Gasteiger partial charge is 0.298 e. The van der Waals surface area contributed by atoms with Gasteiger partial charge in [0.2, 0.25) is 0 Å². The number of carbonyl (C=O) groups excluding carboxylic acids is 1. The van der Waals surface area contributed by atoms with Gasteiger partial charge in [0, 0.05) is 5.92 Å². The van der Waals surface area contributed by atoms with Crippen LogP contribution in [0.25, 0.3) is 0 Å². The number of hydrogen-bond acceptors (Lipinski definition) is 1. The number of hydrogen-bond donors (Lipinski definition) is 0. The highest BCUT2D eigenvalue weighted by Gasteiger charge is 2.59. The predicted octanol–water partition coefficient (Wildman–Crippen LogP) is 9.08. The summed E-state index contributed by atoms with van der Waals surface area (Å²) in [7, 11) is 0. The molecule has 0 aromatic carbocycles. The highest BCUT2D eigenvalue weighted by molar-refractivity contribution is 9.09. The molecule has 0 saturated heterocycles. The molecule has 0 N–H and O–H groups in total. The summed E-state index contributed by atoms with van der Waals surface area (Å²) >= 11 is 3.48. The van der Waals surface area contributed by atoms with Crippen molar-refractivity contribution in [1.29, 1.82) is 0 Å². The minimum absolute atomic E-state index is 0.283. The fourth-order valence-electron chi connectivity index (χ4n) is 8.40. The third-order valence-corrected chi connectivity index (χ3v) is 10.6. The first-order valence-electron chi connectivity index (χ1n) is 13.5. The molecule has 4 saturated carbocycles. The molecule has 0 spiro atoms. The third kappa shape index (κ3) is 4.74. The van der Waals surface area contributed by atoms with E-state index in [1.54, 1.807) is 0 Å². The normalized spacial score (nSPS) is 45.1. The topological polar surface area (TPSA) is 17.1 Å². The van der Waals surface area contributed by atoms with Crippen LogP contribution in [0.5, 0.6) is 0 Å². The molecule has 30 heavy (non-hydrogen) atoms. The Bertz CT molecular complexity index is 545. The molecule has 8 unspecified atom stereocenters. The summed E-state index contributed by atoms with van der Waals surface area (Å²) in [5.41, 5.74) is 0.868. The fraction of sp³-hybridized carbons (Fsp3) is 0.964. The van der Waals surface area contributed by atoms with E-state index in [1.807, 2.05) is 27.7 Å². The molecule has 0 aromatic rings. The van der Waals surface area contributed by atoms with Gasteiger partial charge in [0.05, 0.1) is 5.33 Å². The molecule has 0 heterocycles. The zero-order chi connectivity index (χ0) is 22.5. The van der Waals surface area contributed by atoms with Crippen molar-refractivity contribution < 1.29 is 4.79 Å². The Kier molecular flexibility index (Phi) is 9.97. The molecule has 2 heteroatoms. The van der Waals surface area contributed by atoms with Crippen molar-refractivity contribution in [2.75, 3.05) is 5.33 Å². The molecule has 4 rings (SSSR count). The molecular weight excluding hydrogens is 432 g/mol. The number of fused-ring (bicyclic) bond motifs is 5. The number of alkyl halides is 1. The van der Waals surface area contributed by atoms with Crippen LogP contribution in [0.2, 0.25) is 0 Å². The lowest BCUT2D eigenvalue weighted by molar-refractivity contribution is -0.149. The predicted molar refractivity (Wildman–Crippen MR) is 135 cm³/mol. The molecular formula is C28H51BrO. The quantitative estimate of drug-likeness (QED) is 0.358. The van der Waals surface area contributed by atoms with E-state index >= 15 is 0 Å². The van der Waals surface area contributed by atoms with Gasteiger partial charge in [-0.25, -0.2) is 0 Å². The monoisotopic (exact) mass is 482 g/mol. The fourth-order valence-corrected chi connectivity index (χ4v) is 8.79. The van der Waals surface area contributed by atoms with Gasteiger partial charge in [0.25, 0.3) is 0 Å².